The van der Waals surface area contributed by atoms with Crippen LogP contribution in [0.2, 0.25) is 0 Å². The zero-order valence-electron chi connectivity index (χ0n) is 19.4. The lowest BCUT2D eigenvalue weighted by Gasteiger charge is -2.29. The van der Waals surface area contributed by atoms with Crippen molar-refractivity contribution in [1.82, 2.24) is 19.6 Å². The van der Waals surface area contributed by atoms with Gasteiger partial charge in [-0.3, -0.25) is 24.0 Å². The zero-order chi connectivity index (χ0) is 23.8. The highest BCUT2D eigenvalue weighted by Gasteiger charge is 2.52. The van der Waals surface area contributed by atoms with Crippen molar-refractivity contribution in [3.8, 4) is 11.1 Å². The van der Waals surface area contributed by atoms with Crippen molar-refractivity contribution < 1.29 is 14.4 Å². The van der Waals surface area contributed by atoms with Gasteiger partial charge in [-0.1, -0.05) is 54.6 Å². The lowest BCUT2D eigenvalue weighted by atomic mass is 9.75. The van der Waals surface area contributed by atoms with Gasteiger partial charge in [0.1, 0.15) is 0 Å². The first kappa shape index (κ1) is 22.5. The number of amides is 3. The van der Waals surface area contributed by atoms with Gasteiger partial charge in [0.05, 0.1) is 11.1 Å². The molecule has 1 aliphatic rings. The monoisotopic (exact) mass is 444 g/mol. The summed E-state index contributed by atoms with van der Waals surface area (Å²) in [7, 11) is 5.04. The van der Waals surface area contributed by atoms with Crippen molar-refractivity contribution in [3.63, 3.8) is 0 Å². The van der Waals surface area contributed by atoms with Gasteiger partial charge in [0.15, 0.2) is 0 Å². The van der Waals surface area contributed by atoms with Crippen LogP contribution in [0, 0.1) is 6.92 Å². The minimum atomic E-state index is -1.20. The number of benzene rings is 2. The maximum absolute atomic E-state index is 13.3. The van der Waals surface area contributed by atoms with Gasteiger partial charge in [0, 0.05) is 52.3 Å². The molecule has 3 amide bonds. The number of hydrogen-bond acceptors (Lipinski definition) is 4. The zero-order valence-corrected chi connectivity index (χ0v) is 19.4. The van der Waals surface area contributed by atoms with E-state index >= 15 is 0 Å². The van der Waals surface area contributed by atoms with E-state index in [4.69, 9.17) is 0 Å². The summed E-state index contributed by atoms with van der Waals surface area (Å²) in [4.78, 5) is 41.8. The molecule has 7 nitrogen and oxygen atoms in total. The number of hydrogen-bond donors (Lipinski definition) is 0. The van der Waals surface area contributed by atoms with E-state index in [0.29, 0.717) is 12.1 Å². The van der Waals surface area contributed by atoms with Crippen molar-refractivity contribution in [1.29, 1.82) is 0 Å². The Bertz CT molecular complexity index is 1200. The average molecular weight is 445 g/mol. The molecule has 7 heteroatoms. The van der Waals surface area contributed by atoms with E-state index in [9.17, 15) is 14.4 Å². The number of carbonyl (C=O) groups excluding carboxylic acids is 3. The number of carbonyl (C=O) groups is 3. The number of aryl methyl sites for hydroxylation is 2. The molecule has 3 aromatic rings. The molecule has 2 heterocycles. The lowest BCUT2D eigenvalue weighted by Crippen LogP contribution is -2.41. The molecule has 0 aliphatic carbocycles. The van der Waals surface area contributed by atoms with Gasteiger partial charge in [0.2, 0.25) is 17.7 Å². The van der Waals surface area contributed by atoms with E-state index in [0.717, 1.165) is 27.3 Å². The molecule has 0 spiro atoms. The quantitative estimate of drug-likeness (QED) is 0.548. The average Bonchev–Trinajstić information content (AvgIpc) is 3.24. The molecular formula is C26H28N4O3. The largest absolute Gasteiger partial charge is 0.341 e. The first-order valence-electron chi connectivity index (χ1n) is 10.9. The van der Waals surface area contributed by atoms with E-state index in [1.807, 2.05) is 74.8 Å². The molecule has 0 N–H and O–H groups in total. The molecule has 1 saturated heterocycles. The summed E-state index contributed by atoms with van der Waals surface area (Å²) in [5.41, 5.74) is 3.36. The normalized spacial score (nSPS) is 18.1. The Morgan fingerprint density at radius 2 is 1.67 bits per heavy atom. The van der Waals surface area contributed by atoms with Crippen LogP contribution >= 0.6 is 0 Å². The summed E-state index contributed by atoms with van der Waals surface area (Å²) in [6.45, 7) is 2.29. The first-order chi connectivity index (χ1) is 15.7. The molecule has 0 saturated carbocycles. The summed E-state index contributed by atoms with van der Waals surface area (Å²) < 4.78 is 1.72. The van der Waals surface area contributed by atoms with Crippen LogP contribution in [0.4, 0.5) is 0 Å². The van der Waals surface area contributed by atoms with Gasteiger partial charge in [0.25, 0.3) is 0 Å². The smallest absolute Gasteiger partial charge is 0.240 e. The Balaban J connectivity index is 1.63. The SMILES string of the molecule is Cc1nn(C)cc1CN(C)C(=O)CC1(c2ccc(-c3ccccc3)cc2)CC(=O)N(C)C1=O. The van der Waals surface area contributed by atoms with Crippen LogP contribution < -0.4 is 0 Å². The molecule has 1 unspecified atom stereocenters. The highest BCUT2D eigenvalue weighted by Crippen LogP contribution is 2.40. The highest BCUT2D eigenvalue weighted by molar-refractivity contribution is 6.10. The number of imide groups is 1. The Hall–Kier alpha value is -3.74. The maximum Gasteiger partial charge on any atom is 0.240 e. The van der Waals surface area contributed by atoms with Gasteiger partial charge >= 0.3 is 0 Å². The molecule has 170 valence electrons. The Labute approximate surface area is 193 Å². The number of likely N-dealkylation sites (N-methyl/N-ethyl adjacent to an activating group) is 1. The summed E-state index contributed by atoms with van der Waals surface area (Å²) in [6, 6.07) is 17.5. The number of rotatable bonds is 6. The van der Waals surface area contributed by atoms with Gasteiger partial charge in [-0.25, -0.2) is 0 Å². The standard InChI is InChI=1S/C26H28N4O3/c1-18-21(17-29(3)27-18)16-28(2)23(31)14-26(15-24(32)30(4)25(26)33)22-12-10-20(11-13-22)19-8-6-5-7-9-19/h5-13,17H,14-16H2,1-4H3. The summed E-state index contributed by atoms with van der Waals surface area (Å²) in [5.74, 6) is -0.799. The van der Waals surface area contributed by atoms with Crippen molar-refractivity contribution in [2.45, 2.75) is 31.7 Å². The van der Waals surface area contributed by atoms with Crippen LogP contribution in [-0.2, 0) is 33.4 Å². The van der Waals surface area contributed by atoms with Crippen molar-refractivity contribution >= 4 is 17.7 Å². The Morgan fingerprint density at radius 3 is 2.21 bits per heavy atom. The molecule has 0 bridgehead atoms. The maximum atomic E-state index is 13.3. The third kappa shape index (κ3) is 4.18. The fraction of sp³-hybridized carbons (Fsp3) is 0.308. The molecular weight excluding hydrogens is 416 g/mol. The Morgan fingerprint density at radius 1 is 1.03 bits per heavy atom. The molecule has 2 aromatic carbocycles. The van der Waals surface area contributed by atoms with E-state index < -0.39 is 5.41 Å². The minimum absolute atomic E-state index is 0.0154. The van der Waals surface area contributed by atoms with E-state index in [1.54, 1.807) is 16.6 Å². The third-order valence-electron chi connectivity index (χ3n) is 6.49. The third-order valence-corrected chi connectivity index (χ3v) is 6.49. The van der Waals surface area contributed by atoms with Crippen molar-refractivity contribution in [2.24, 2.45) is 7.05 Å². The molecule has 4 rings (SSSR count). The van der Waals surface area contributed by atoms with Crippen LogP contribution in [0.25, 0.3) is 11.1 Å². The van der Waals surface area contributed by atoms with Crippen LogP contribution in [-0.4, -0.2) is 51.4 Å². The van der Waals surface area contributed by atoms with Crippen LogP contribution in [0.5, 0.6) is 0 Å². The molecule has 1 aliphatic heterocycles. The first-order valence-corrected chi connectivity index (χ1v) is 10.9. The highest BCUT2D eigenvalue weighted by atomic mass is 16.2. The predicted molar refractivity (Wildman–Crippen MR) is 125 cm³/mol. The number of aromatic nitrogens is 2. The second-order valence-electron chi connectivity index (χ2n) is 8.80. The number of nitrogens with zero attached hydrogens (tertiary/aromatic N) is 4. The lowest BCUT2D eigenvalue weighted by molar-refractivity contribution is -0.141. The van der Waals surface area contributed by atoms with E-state index in [-0.39, 0.29) is 30.6 Å². The topological polar surface area (TPSA) is 75.5 Å². The summed E-state index contributed by atoms with van der Waals surface area (Å²) >= 11 is 0. The van der Waals surface area contributed by atoms with Gasteiger partial charge in [-0.2, -0.15) is 5.10 Å². The fourth-order valence-corrected chi connectivity index (χ4v) is 4.51. The second kappa shape index (κ2) is 8.65. The van der Waals surface area contributed by atoms with Crippen LogP contribution in [0.3, 0.4) is 0 Å². The number of likely N-dealkylation sites (tertiary alicyclic amines) is 1. The Kier molecular flexibility index (Phi) is 5.89. The molecule has 1 atom stereocenters. The van der Waals surface area contributed by atoms with Crippen LogP contribution in [0.1, 0.15) is 29.7 Å². The van der Waals surface area contributed by atoms with E-state index in [1.165, 1.54) is 7.05 Å². The molecule has 1 fully saturated rings. The summed E-state index contributed by atoms with van der Waals surface area (Å²) in [5, 5.41) is 4.33. The van der Waals surface area contributed by atoms with Gasteiger partial charge < -0.3 is 4.90 Å². The van der Waals surface area contributed by atoms with E-state index in [2.05, 4.69) is 5.10 Å². The molecule has 1 aromatic heterocycles. The van der Waals surface area contributed by atoms with Crippen molar-refractivity contribution in [2.75, 3.05) is 14.1 Å². The second-order valence-corrected chi connectivity index (χ2v) is 8.80. The molecule has 0 radical (unpaired) electrons. The minimum Gasteiger partial charge on any atom is -0.341 e. The van der Waals surface area contributed by atoms with Gasteiger partial charge in [-0.05, 0) is 23.6 Å². The van der Waals surface area contributed by atoms with Crippen molar-refractivity contribution in [3.05, 3.63) is 77.6 Å². The molecule has 33 heavy (non-hydrogen) atoms. The predicted octanol–water partition coefficient (Wildman–Crippen LogP) is 3.07. The van der Waals surface area contributed by atoms with Crippen LogP contribution in [0.15, 0.2) is 60.8 Å². The summed E-state index contributed by atoms with van der Waals surface area (Å²) in [6.07, 6.45) is 1.80. The fourth-order valence-electron chi connectivity index (χ4n) is 4.51. The van der Waals surface area contributed by atoms with Gasteiger partial charge in [-0.15, -0.1) is 0 Å².